The van der Waals surface area contributed by atoms with E-state index in [-0.39, 0.29) is 18.2 Å². The number of amides is 2. The van der Waals surface area contributed by atoms with E-state index in [1.807, 2.05) is 54.9 Å². The van der Waals surface area contributed by atoms with E-state index in [1.54, 1.807) is 17.0 Å². The van der Waals surface area contributed by atoms with Crippen molar-refractivity contribution in [3.63, 3.8) is 0 Å². The summed E-state index contributed by atoms with van der Waals surface area (Å²) in [6.45, 7) is 5.65. The number of benzene rings is 2. The van der Waals surface area contributed by atoms with E-state index in [9.17, 15) is 9.59 Å². The molecule has 8 heteroatoms. The van der Waals surface area contributed by atoms with Crippen molar-refractivity contribution >= 4 is 17.5 Å². The summed E-state index contributed by atoms with van der Waals surface area (Å²) in [7, 11) is 0. The molecule has 1 fully saturated rings. The van der Waals surface area contributed by atoms with Gasteiger partial charge in [-0.05, 0) is 38.1 Å². The van der Waals surface area contributed by atoms with Gasteiger partial charge in [0, 0.05) is 42.5 Å². The minimum absolute atomic E-state index is 0.0731. The standard InChI is InChI=1S/C25H26N4O4/c1-16-21(17(2)29(27-16)19-6-4-3-5-7-19)14-26-25(31)18-12-24(30)28(15-18)20-8-9-22-23(13-20)33-11-10-32-22/h3-9,13,18H,10-12,14-15H2,1-2H3,(H,26,31). The lowest BCUT2D eigenvalue weighted by molar-refractivity contribution is -0.126. The molecule has 3 aromatic rings. The minimum Gasteiger partial charge on any atom is -0.486 e. The molecule has 8 nitrogen and oxygen atoms in total. The van der Waals surface area contributed by atoms with Crippen LogP contribution in [0.25, 0.3) is 5.69 Å². The number of hydrogen-bond donors (Lipinski definition) is 1. The smallest absolute Gasteiger partial charge is 0.227 e. The van der Waals surface area contributed by atoms with E-state index in [1.165, 1.54) is 0 Å². The van der Waals surface area contributed by atoms with E-state index >= 15 is 0 Å². The van der Waals surface area contributed by atoms with Gasteiger partial charge in [0.2, 0.25) is 11.8 Å². The van der Waals surface area contributed by atoms with Crippen molar-refractivity contribution in [3.05, 3.63) is 65.5 Å². The molecule has 2 aliphatic rings. The largest absolute Gasteiger partial charge is 0.486 e. The van der Waals surface area contributed by atoms with Crippen LogP contribution in [0.15, 0.2) is 48.5 Å². The molecular weight excluding hydrogens is 420 g/mol. The Morgan fingerprint density at radius 3 is 2.61 bits per heavy atom. The molecule has 0 saturated carbocycles. The quantitative estimate of drug-likeness (QED) is 0.651. The summed E-state index contributed by atoms with van der Waals surface area (Å²) in [4.78, 5) is 27.2. The maximum Gasteiger partial charge on any atom is 0.227 e. The van der Waals surface area contributed by atoms with Gasteiger partial charge in [-0.2, -0.15) is 5.10 Å². The molecule has 1 atom stereocenters. The van der Waals surface area contributed by atoms with Gasteiger partial charge in [0.25, 0.3) is 0 Å². The highest BCUT2D eigenvalue weighted by Gasteiger charge is 2.35. The van der Waals surface area contributed by atoms with Gasteiger partial charge in [-0.1, -0.05) is 18.2 Å². The molecule has 1 saturated heterocycles. The van der Waals surface area contributed by atoms with Gasteiger partial charge in [-0.3, -0.25) is 9.59 Å². The Labute approximate surface area is 192 Å². The van der Waals surface area contributed by atoms with Crippen molar-refractivity contribution < 1.29 is 19.1 Å². The van der Waals surface area contributed by atoms with Crippen molar-refractivity contribution in [3.8, 4) is 17.2 Å². The molecule has 1 unspecified atom stereocenters. The maximum atomic E-state index is 12.9. The molecule has 0 spiro atoms. The third kappa shape index (κ3) is 4.04. The van der Waals surface area contributed by atoms with Crippen molar-refractivity contribution in [1.29, 1.82) is 0 Å². The number of ether oxygens (including phenoxy) is 2. The molecule has 2 aromatic carbocycles. The van der Waals surface area contributed by atoms with Crippen molar-refractivity contribution in [2.24, 2.45) is 5.92 Å². The first-order valence-electron chi connectivity index (χ1n) is 11.1. The molecular formula is C25H26N4O4. The predicted molar refractivity (Wildman–Crippen MR) is 123 cm³/mol. The Bertz CT molecular complexity index is 1200. The first kappa shape index (κ1) is 21.1. The average Bonchev–Trinajstić information content (AvgIpc) is 3.37. The van der Waals surface area contributed by atoms with Crippen LogP contribution in [0.2, 0.25) is 0 Å². The van der Waals surface area contributed by atoms with Crippen LogP contribution in [-0.4, -0.2) is 41.4 Å². The van der Waals surface area contributed by atoms with Crippen molar-refractivity contribution in [1.82, 2.24) is 15.1 Å². The van der Waals surface area contributed by atoms with E-state index < -0.39 is 5.92 Å². The first-order valence-corrected chi connectivity index (χ1v) is 11.1. The Balaban J connectivity index is 1.25. The van der Waals surface area contributed by atoms with Crippen LogP contribution < -0.4 is 19.7 Å². The van der Waals surface area contributed by atoms with Gasteiger partial charge in [0.15, 0.2) is 11.5 Å². The minimum atomic E-state index is -0.407. The van der Waals surface area contributed by atoms with Gasteiger partial charge in [-0.25, -0.2) is 4.68 Å². The van der Waals surface area contributed by atoms with Crippen LogP contribution >= 0.6 is 0 Å². The molecule has 170 valence electrons. The SMILES string of the molecule is Cc1nn(-c2ccccc2)c(C)c1CNC(=O)C1CC(=O)N(c2ccc3c(c2)OCCO3)C1. The normalized spacial score (nSPS) is 17.3. The zero-order valence-corrected chi connectivity index (χ0v) is 18.7. The van der Waals surface area contributed by atoms with E-state index in [2.05, 4.69) is 10.4 Å². The number of aryl methyl sites for hydroxylation is 1. The lowest BCUT2D eigenvalue weighted by atomic mass is 10.1. The fourth-order valence-electron chi connectivity index (χ4n) is 4.40. The van der Waals surface area contributed by atoms with E-state index in [0.717, 1.165) is 28.3 Å². The predicted octanol–water partition coefficient (Wildman–Crippen LogP) is 2.93. The molecule has 0 bridgehead atoms. The number of anilines is 1. The molecule has 2 aliphatic heterocycles. The second-order valence-electron chi connectivity index (χ2n) is 8.35. The summed E-state index contributed by atoms with van der Waals surface area (Å²) >= 11 is 0. The van der Waals surface area contributed by atoms with Gasteiger partial charge in [-0.15, -0.1) is 0 Å². The lowest BCUT2D eigenvalue weighted by Crippen LogP contribution is -2.33. The number of carbonyl (C=O) groups excluding carboxylic acids is 2. The van der Waals surface area contributed by atoms with E-state index in [0.29, 0.717) is 37.8 Å². The summed E-state index contributed by atoms with van der Waals surface area (Å²) in [6.07, 6.45) is 0.182. The summed E-state index contributed by atoms with van der Waals surface area (Å²) in [5.74, 6) is 0.690. The number of fused-ring (bicyclic) bond motifs is 1. The second-order valence-corrected chi connectivity index (χ2v) is 8.35. The Kier molecular flexibility index (Phi) is 5.50. The van der Waals surface area contributed by atoms with Gasteiger partial charge >= 0.3 is 0 Å². The fourth-order valence-corrected chi connectivity index (χ4v) is 4.40. The molecule has 33 heavy (non-hydrogen) atoms. The van der Waals surface area contributed by atoms with Crippen LogP contribution in [0.4, 0.5) is 5.69 Å². The highest BCUT2D eigenvalue weighted by Crippen LogP contribution is 2.36. The number of nitrogens with zero attached hydrogens (tertiary/aromatic N) is 3. The summed E-state index contributed by atoms with van der Waals surface area (Å²) in [5.41, 5.74) is 4.54. The van der Waals surface area contributed by atoms with Crippen LogP contribution in [0, 0.1) is 19.8 Å². The van der Waals surface area contributed by atoms with Crippen molar-refractivity contribution in [2.75, 3.05) is 24.7 Å². The summed E-state index contributed by atoms with van der Waals surface area (Å²) in [5, 5.41) is 7.65. The van der Waals surface area contributed by atoms with Crippen LogP contribution in [0.5, 0.6) is 11.5 Å². The molecule has 1 aromatic heterocycles. The Morgan fingerprint density at radius 1 is 1.06 bits per heavy atom. The number of para-hydroxylation sites is 1. The summed E-state index contributed by atoms with van der Waals surface area (Å²) in [6, 6.07) is 15.3. The molecule has 2 amide bonds. The molecule has 3 heterocycles. The average molecular weight is 447 g/mol. The lowest BCUT2D eigenvalue weighted by Gasteiger charge is -2.22. The number of rotatable bonds is 5. The number of carbonyl (C=O) groups is 2. The third-order valence-corrected chi connectivity index (χ3v) is 6.21. The maximum absolute atomic E-state index is 12.9. The zero-order chi connectivity index (χ0) is 22.9. The molecule has 1 N–H and O–H groups in total. The van der Waals surface area contributed by atoms with Gasteiger partial charge < -0.3 is 19.7 Å². The summed E-state index contributed by atoms with van der Waals surface area (Å²) < 4.78 is 13.1. The zero-order valence-electron chi connectivity index (χ0n) is 18.7. The fraction of sp³-hybridized carbons (Fsp3) is 0.320. The number of hydrogen-bond acceptors (Lipinski definition) is 5. The molecule has 0 aliphatic carbocycles. The molecule has 5 rings (SSSR count). The van der Waals surface area contributed by atoms with Gasteiger partial charge in [0.1, 0.15) is 13.2 Å². The number of nitrogens with one attached hydrogen (secondary N) is 1. The van der Waals surface area contributed by atoms with Gasteiger partial charge in [0.05, 0.1) is 17.3 Å². The van der Waals surface area contributed by atoms with Crippen LogP contribution in [0.1, 0.15) is 23.4 Å². The van der Waals surface area contributed by atoms with Crippen LogP contribution in [0.3, 0.4) is 0 Å². The topological polar surface area (TPSA) is 85.7 Å². The Hall–Kier alpha value is -3.81. The highest BCUT2D eigenvalue weighted by molar-refractivity contribution is 6.00. The number of aromatic nitrogens is 2. The van der Waals surface area contributed by atoms with Crippen LogP contribution in [-0.2, 0) is 16.1 Å². The molecule has 0 radical (unpaired) electrons. The van der Waals surface area contributed by atoms with E-state index in [4.69, 9.17) is 9.47 Å². The Morgan fingerprint density at radius 2 is 1.82 bits per heavy atom. The third-order valence-electron chi connectivity index (χ3n) is 6.21. The van der Waals surface area contributed by atoms with Crippen molar-refractivity contribution in [2.45, 2.75) is 26.8 Å². The highest BCUT2D eigenvalue weighted by atomic mass is 16.6. The monoisotopic (exact) mass is 446 g/mol. The second kappa shape index (κ2) is 8.61. The first-order chi connectivity index (χ1) is 16.0.